The second-order valence-electron chi connectivity index (χ2n) is 4.33. The minimum absolute atomic E-state index is 0.00210. The second kappa shape index (κ2) is 5.38. The van der Waals surface area contributed by atoms with Crippen molar-refractivity contribution in [1.82, 2.24) is 9.78 Å². The fourth-order valence-electron chi connectivity index (χ4n) is 1.87. The molecule has 0 saturated carbocycles. The van der Waals surface area contributed by atoms with Crippen LogP contribution in [0.4, 0.5) is 5.69 Å². The number of aryl methyl sites for hydroxylation is 2. The van der Waals surface area contributed by atoms with Gasteiger partial charge in [0.2, 0.25) is 0 Å². The number of carbonyl (C=O) groups is 1. The first-order valence-electron chi connectivity index (χ1n) is 5.77. The number of sulfonamides is 1. The third kappa shape index (κ3) is 2.86. The lowest BCUT2D eigenvalue weighted by Gasteiger charge is -2.13. The number of aromatic nitrogens is 2. The van der Waals surface area contributed by atoms with Crippen LogP contribution < -0.4 is 4.72 Å². The summed E-state index contributed by atoms with van der Waals surface area (Å²) in [5.74, 6) is -1.23. The van der Waals surface area contributed by atoms with Crippen molar-refractivity contribution in [2.24, 2.45) is 7.05 Å². The van der Waals surface area contributed by atoms with Gasteiger partial charge in [-0.3, -0.25) is 9.40 Å². The molecule has 0 aliphatic rings. The van der Waals surface area contributed by atoms with E-state index in [2.05, 4.69) is 9.82 Å². The highest BCUT2D eigenvalue weighted by Crippen LogP contribution is 2.27. The summed E-state index contributed by atoms with van der Waals surface area (Å²) in [6.45, 7) is 1.61. The molecule has 9 heteroatoms. The van der Waals surface area contributed by atoms with E-state index in [1.54, 1.807) is 13.0 Å². The minimum atomic E-state index is -4.05. The number of halogens is 1. The second-order valence-corrected chi connectivity index (χ2v) is 6.33. The lowest BCUT2D eigenvalue weighted by Crippen LogP contribution is -2.19. The van der Waals surface area contributed by atoms with E-state index in [0.29, 0.717) is 5.56 Å². The van der Waals surface area contributed by atoms with E-state index in [4.69, 9.17) is 16.7 Å². The summed E-state index contributed by atoms with van der Waals surface area (Å²) in [5, 5.41) is 12.6. The van der Waals surface area contributed by atoms with Crippen LogP contribution in [0.2, 0.25) is 5.02 Å². The molecule has 21 heavy (non-hydrogen) atoms. The number of para-hydroxylation sites is 1. The van der Waals surface area contributed by atoms with Gasteiger partial charge in [-0.1, -0.05) is 23.7 Å². The van der Waals surface area contributed by atoms with Crippen LogP contribution in [0.1, 0.15) is 15.9 Å². The molecule has 1 heterocycles. The van der Waals surface area contributed by atoms with Gasteiger partial charge in [-0.05, 0) is 18.6 Å². The zero-order valence-electron chi connectivity index (χ0n) is 11.2. The van der Waals surface area contributed by atoms with Crippen LogP contribution in [-0.4, -0.2) is 29.3 Å². The Morgan fingerprint density at radius 2 is 2.10 bits per heavy atom. The molecule has 0 spiro atoms. The summed E-state index contributed by atoms with van der Waals surface area (Å²) in [5.41, 5.74) is 0.343. The molecule has 7 nitrogen and oxygen atoms in total. The predicted octanol–water partition coefficient (Wildman–Crippen LogP) is 1.88. The molecule has 0 unspecified atom stereocenters. The summed E-state index contributed by atoms with van der Waals surface area (Å²) in [6, 6.07) is 4.46. The summed E-state index contributed by atoms with van der Waals surface area (Å²) in [7, 11) is -2.63. The molecule has 1 aromatic heterocycles. The van der Waals surface area contributed by atoms with Crippen LogP contribution >= 0.6 is 11.6 Å². The van der Waals surface area contributed by atoms with Gasteiger partial charge < -0.3 is 5.11 Å². The smallest absolute Gasteiger partial charge is 0.337 e. The fraction of sp³-hybridized carbons (Fsp3) is 0.167. The van der Waals surface area contributed by atoms with Crippen molar-refractivity contribution in [2.45, 2.75) is 11.9 Å². The Morgan fingerprint density at radius 1 is 1.43 bits per heavy atom. The van der Waals surface area contributed by atoms with Crippen LogP contribution in [0.3, 0.4) is 0 Å². The van der Waals surface area contributed by atoms with E-state index >= 15 is 0 Å². The Labute approximate surface area is 126 Å². The number of anilines is 1. The summed E-state index contributed by atoms with van der Waals surface area (Å²) < 4.78 is 28.1. The van der Waals surface area contributed by atoms with Crippen LogP contribution in [0.15, 0.2) is 29.4 Å². The van der Waals surface area contributed by atoms with Crippen molar-refractivity contribution in [2.75, 3.05) is 4.72 Å². The van der Waals surface area contributed by atoms with Gasteiger partial charge >= 0.3 is 5.97 Å². The van der Waals surface area contributed by atoms with E-state index < -0.39 is 16.0 Å². The lowest BCUT2D eigenvalue weighted by molar-refractivity contribution is 0.0698. The average molecular weight is 330 g/mol. The number of rotatable bonds is 4. The highest BCUT2D eigenvalue weighted by Gasteiger charge is 2.25. The molecule has 0 atom stereocenters. The molecular formula is C12H12ClN3O4S. The number of nitrogens with one attached hydrogen (secondary N) is 1. The van der Waals surface area contributed by atoms with Crippen molar-refractivity contribution in [3.05, 3.63) is 40.5 Å². The summed E-state index contributed by atoms with van der Waals surface area (Å²) >= 11 is 5.82. The molecule has 0 fully saturated rings. The zero-order chi connectivity index (χ0) is 15.8. The molecule has 2 aromatic rings. The third-order valence-corrected chi connectivity index (χ3v) is 4.69. The number of carboxylic acids is 1. The number of benzene rings is 1. The predicted molar refractivity (Wildman–Crippen MR) is 77.2 cm³/mol. The Kier molecular flexibility index (Phi) is 3.93. The number of carboxylic acid groups (broad SMARTS) is 1. The van der Waals surface area contributed by atoms with E-state index in [1.165, 1.54) is 25.4 Å². The van der Waals surface area contributed by atoms with Crippen LogP contribution in [-0.2, 0) is 17.1 Å². The molecule has 0 amide bonds. The molecule has 1 aromatic carbocycles. The fourth-order valence-corrected chi connectivity index (χ4v) is 3.68. The molecule has 0 bridgehead atoms. The summed E-state index contributed by atoms with van der Waals surface area (Å²) in [6.07, 6.45) is 1.20. The molecule has 0 radical (unpaired) electrons. The quantitative estimate of drug-likeness (QED) is 0.891. The normalized spacial score (nSPS) is 11.4. The Hall–Kier alpha value is -2.06. The van der Waals surface area contributed by atoms with Gasteiger partial charge in [-0.15, -0.1) is 0 Å². The van der Waals surface area contributed by atoms with Gasteiger partial charge in [-0.2, -0.15) is 13.5 Å². The lowest BCUT2D eigenvalue weighted by atomic mass is 10.1. The van der Waals surface area contributed by atoms with Crippen molar-refractivity contribution in [1.29, 1.82) is 0 Å². The molecular weight excluding hydrogens is 318 g/mol. The number of hydrogen-bond donors (Lipinski definition) is 2. The van der Waals surface area contributed by atoms with Gasteiger partial charge in [0.25, 0.3) is 10.0 Å². The monoisotopic (exact) mass is 329 g/mol. The summed E-state index contributed by atoms with van der Waals surface area (Å²) in [4.78, 5) is 11.2. The highest BCUT2D eigenvalue weighted by molar-refractivity contribution is 7.92. The molecule has 0 aliphatic carbocycles. The average Bonchev–Trinajstić information content (AvgIpc) is 2.71. The standard InChI is InChI=1S/C12H12ClN3O4S/c1-7-4-3-5-8(12(17)18)10(7)15-21(19,20)11-9(13)6-14-16(11)2/h3-6,15H,1-2H3,(H,17,18). The first-order valence-corrected chi connectivity index (χ1v) is 7.63. The first kappa shape index (κ1) is 15.3. The van der Waals surface area contributed by atoms with E-state index in [1.807, 2.05) is 0 Å². The van der Waals surface area contributed by atoms with Crippen molar-refractivity contribution in [3.63, 3.8) is 0 Å². The molecule has 112 valence electrons. The maximum atomic E-state index is 12.4. The minimum Gasteiger partial charge on any atom is -0.478 e. The SMILES string of the molecule is Cc1cccc(C(=O)O)c1NS(=O)(=O)c1c(Cl)cnn1C. The van der Waals surface area contributed by atoms with Crippen molar-refractivity contribution in [3.8, 4) is 0 Å². The van der Waals surface area contributed by atoms with Crippen LogP contribution in [0, 0.1) is 6.92 Å². The van der Waals surface area contributed by atoms with Crippen molar-refractivity contribution < 1.29 is 18.3 Å². The maximum Gasteiger partial charge on any atom is 0.337 e. The molecule has 2 rings (SSSR count). The third-order valence-electron chi connectivity index (χ3n) is 2.84. The van der Waals surface area contributed by atoms with Crippen molar-refractivity contribution >= 4 is 33.3 Å². The number of nitrogens with zero attached hydrogens (tertiary/aromatic N) is 2. The van der Waals surface area contributed by atoms with Gasteiger partial charge in [0, 0.05) is 7.05 Å². The van der Waals surface area contributed by atoms with Gasteiger partial charge in [0.15, 0.2) is 5.03 Å². The molecule has 0 aliphatic heterocycles. The topological polar surface area (TPSA) is 101 Å². The largest absolute Gasteiger partial charge is 0.478 e. The van der Waals surface area contributed by atoms with Gasteiger partial charge in [0.05, 0.1) is 22.5 Å². The Balaban J connectivity index is 2.55. The van der Waals surface area contributed by atoms with Gasteiger partial charge in [0.1, 0.15) is 0 Å². The maximum absolute atomic E-state index is 12.4. The van der Waals surface area contributed by atoms with E-state index in [-0.39, 0.29) is 21.3 Å². The van der Waals surface area contributed by atoms with Gasteiger partial charge in [-0.25, -0.2) is 4.79 Å². The van der Waals surface area contributed by atoms with E-state index in [9.17, 15) is 13.2 Å². The number of aromatic carboxylic acids is 1. The van der Waals surface area contributed by atoms with Crippen LogP contribution in [0.5, 0.6) is 0 Å². The molecule has 2 N–H and O–H groups in total. The Morgan fingerprint density at radius 3 is 2.62 bits per heavy atom. The highest BCUT2D eigenvalue weighted by atomic mass is 35.5. The number of hydrogen-bond acceptors (Lipinski definition) is 4. The molecule has 0 saturated heterocycles. The van der Waals surface area contributed by atoms with Crippen LogP contribution in [0.25, 0.3) is 0 Å². The Bertz CT molecular complexity index is 794. The first-order chi connectivity index (χ1) is 9.74. The van der Waals surface area contributed by atoms with E-state index in [0.717, 1.165) is 4.68 Å². The zero-order valence-corrected chi connectivity index (χ0v) is 12.7.